The Bertz CT molecular complexity index is 1120. The molecule has 1 N–H and O–H groups in total. The summed E-state index contributed by atoms with van der Waals surface area (Å²) in [5, 5.41) is 4.21. The van der Waals surface area contributed by atoms with Crippen LogP contribution in [-0.2, 0) is 4.79 Å². The highest BCUT2D eigenvalue weighted by atomic mass is 16.5. The average molecular weight is 367 g/mol. The molecule has 0 saturated carbocycles. The maximum Gasteiger partial charge on any atom is 0.336 e. The molecule has 0 bridgehead atoms. The summed E-state index contributed by atoms with van der Waals surface area (Å²) in [7, 11) is 0. The van der Waals surface area contributed by atoms with Crippen LogP contribution in [0.25, 0.3) is 17.0 Å². The molecule has 0 unspecified atom stereocenters. The van der Waals surface area contributed by atoms with Crippen molar-refractivity contribution in [3.63, 3.8) is 0 Å². The molecular formula is C23H17N3O2. The summed E-state index contributed by atoms with van der Waals surface area (Å²) >= 11 is 0. The van der Waals surface area contributed by atoms with Gasteiger partial charge in [0.25, 0.3) is 0 Å². The minimum Gasteiger partial charge on any atom is -0.423 e. The van der Waals surface area contributed by atoms with Crippen LogP contribution in [0.1, 0.15) is 5.56 Å². The summed E-state index contributed by atoms with van der Waals surface area (Å²) in [6, 6.07) is 24.5. The largest absolute Gasteiger partial charge is 0.423 e. The van der Waals surface area contributed by atoms with E-state index in [1.807, 2.05) is 66.7 Å². The first-order valence-electron chi connectivity index (χ1n) is 8.80. The Kier molecular flexibility index (Phi) is 5.06. The molecule has 0 aliphatic carbocycles. The van der Waals surface area contributed by atoms with Crippen molar-refractivity contribution in [1.29, 1.82) is 0 Å². The highest BCUT2D eigenvalue weighted by Crippen LogP contribution is 2.24. The van der Waals surface area contributed by atoms with E-state index in [9.17, 15) is 4.79 Å². The number of nitrogens with zero attached hydrogens (tertiary/aromatic N) is 2. The third-order valence-electron chi connectivity index (χ3n) is 4.09. The van der Waals surface area contributed by atoms with E-state index in [1.165, 1.54) is 12.4 Å². The fraction of sp³-hybridized carbons (Fsp3) is 0. The molecule has 28 heavy (non-hydrogen) atoms. The van der Waals surface area contributed by atoms with E-state index in [1.54, 1.807) is 18.2 Å². The lowest BCUT2D eigenvalue weighted by molar-refractivity contribution is -0.128. The van der Waals surface area contributed by atoms with E-state index in [2.05, 4.69) is 15.3 Å². The van der Waals surface area contributed by atoms with E-state index in [-0.39, 0.29) is 0 Å². The van der Waals surface area contributed by atoms with Crippen LogP contribution in [0.5, 0.6) is 5.75 Å². The quantitative estimate of drug-likeness (QED) is 0.306. The predicted octanol–water partition coefficient (Wildman–Crippen LogP) is 4.99. The predicted molar refractivity (Wildman–Crippen MR) is 110 cm³/mol. The fourth-order valence-electron chi connectivity index (χ4n) is 2.73. The number of esters is 1. The van der Waals surface area contributed by atoms with Gasteiger partial charge < -0.3 is 10.1 Å². The monoisotopic (exact) mass is 367 g/mol. The number of carbonyl (C=O) groups excluding carboxylic acids is 1. The molecule has 4 aromatic rings. The maximum atomic E-state index is 12.0. The minimum absolute atomic E-state index is 0.425. The number of aromatic nitrogens is 2. The van der Waals surface area contributed by atoms with Crippen LogP contribution < -0.4 is 10.1 Å². The zero-order chi connectivity index (χ0) is 19.2. The molecule has 3 aromatic carbocycles. The molecule has 5 nitrogen and oxygen atoms in total. The van der Waals surface area contributed by atoms with Gasteiger partial charge in [-0.3, -0.25) is 0 Å². The van der Waals surface area contributed by atoms with Crippen molar-refractivity contribution in [2.24, 2.45) is 0 Å². The second-order valence-corrected chi connectivity index (χ2v) is 6.05. The van der Waals surface area contributed by atoms with Crippen molar-refractivity contribution in [2.45, 2.75) is 0 Å². The first-order valence-corrected chi connectivity index (χ1v) is 8.80. The van der Waals surface area contributed by atoms with Gasteiger partial charge in [-0.05, 0) is 48.0 Å². The second kappa shape index (κ2) is 8.14. The number of para-hydroxylation sites is 1. The highest BCUT2D eigenvalue weighted by Gasteiger charge is 2.05. The highest BCUT2D eigenvalue weighted by molar-refractivity contribution is 5.90. The minimum atomic E-state index is -0.425. The Labute approximate surface area is 162 Å². The van der Waals surface area contributed by atoms with E-state index >= 15 is 0 Å². The Hall–Kier alpha value is -3.99. The second-order valence-electron chi connectivity index (χ2n) is 6.05. The van der Waals surface area contributed by atoms with Gasteiger partial charge in [0.2, 0.25) is 0 Å². The molecule has 1 heterocycles. The zero-order valence-electron chi connectivity index (χ0n) is 14.9. The number of fused-ring (bicyclic) bond motifs is 1. The average Bonchev–Trinajstić information content (AvgIpc) is 2.75. The SMILES string of the molecule is O=C(/C=C/c1ccccc1)Oc1ccc(Nc2ncnc3ccccc23)cc1. The molecule has 0 radical (unpaired) electrons. The van der Waals surface area contributed by atoms with Gasteiger partial charge in [-0.1, -0.05) is 42.5 Å². The lowest BCUT2D eigenvalue weighted by atomic mass is 10.2. The van der Waals surface area contributed by atoms with E-state index in [0.29, 0.717) is 5.75 Å². The number of hydrogen-bond donors (Lipinski definition) is 1. The topological polar surface area (TPSA) is 64.1 Å². The van der Waals surface area contributed by atoms with Gasteiger partial charge in [-0.25, -0.2) is 14.8 Å². The van der Waals surface area contributed by atoms with Crippen molar-refractivity contribution < 1.29 is 9.53 Å². The molecule has 5 heteroatoms. The van der Waals surface area contributed by atoms with Crippen LogP contribution in [0, 0.1) is 0 Å². The summed E-state index contributed by atoms with van der Waals surface area (Å²) in [6.45, 7) is 0. The fourth-order valence-corrected chi connectivity index (χ4v) is 2.73. The first kappa shape index (κ1) is 17.4. The van der Waals surface area contributed by atoms with Crippen LogP contribution in [0.4, 0.5) is 11.5 Å². The van der Waals surface area contributed by atoms with Crippen molar-refractivity contribution in [3.05, 3.63) is 96.8 Å². The number of ether oxygens (including phenoxy) is 1. The summed E-state index contributed by atoms with van der Waals surface area (Å²) in [4.78, 5) is 20.5. The molecule has 0 aliphatic heterocycles. The van der Waals surface area contributed by atoms with Gasteiger partial charge in [0.05, 0.1) is 5.52 Å². The molecule has 0 aliphatic rings. The lowest BCUT2D eigenvalue weighted by Crippen LogP contribution is -2.03. The molecule has 1 aromatic heterocycles. The van der Waals surface area contributed by atoms with Gasteiger partial charge in [0.15, 0.2) is 0 Å². The smallest absolute Gasteiger partial charge is 0.336 e. The van der Waals surface area contributed by atoms with E-state index < -0.39 is 5.97 Å². The van der Waals surface area contributed by atoms with Gasteiger partial charge >= 0.3 is 5.97 Å². The third-order valence-corrected chi connectivity index (χ3v) is 4.09. The molecular weight excluding hydrogens is 350 g/mol. The molecule has 4 rings (SSSR count). The summed E-state index contributed by atoms with van der Waals surface area (Å²) < 4.78 is 5.33. The van der Waals surface area contributed by atoms with Crippen LogP contribution in [0.2, 0.25) is 0 Å². The van der Waals surface area contributed by atoms with Crippen molar-refractivity contribution in [1.82, 2.24) is 9.97 Å². The van der Waals surface area contributed by atoms with E-state index in [4.69, 9.17) is 4.74 Å². The summed E-state index contributed by atoms with van der Waals surface area (Å²) in [5.41, 5.74) is 2.65. The number of hydrogen-bond acceptors (Lipinski definition) is 5. The third kappa shape index (κ3) is 4.22. The van der Waals surface area contributed by atoms with Gasteiger partial charge in [-0.2, -0.15) is 0 Å². The van der Waals surface area contributed by atoms with Crippen LogP contribution in [0.3, 0.4) is 0 Å². The number of rotatable bonds is 5. The Balaban J connectivity index is 1.42. The standard InChI is InChI=1S/C23H17N3O2/c27-22(15-10-17-6-2-1-3-7-17)28-19-13-11-18(12-14-19)26-23-20-8-4-5-9-21(20)24-16-25-23/h1-16H,(H,24,25,26)/b15-10+. The molecule has 0 amide bonds. The molecule has 0 saturated heterocycles. The van der Waals surface area contributed by atoms with Gasteiger partial charge in [0, 0.05) is 17.1 Å². The van der Waals surface area contributed by atoms with Crippen molar-refractivity contribution in [2.75, 3.05) is 5.32 Å². The zero-order valence-corrected chi connectivity index (χ0v) is 14.9. The molecule has 0 atom stereocenters. The first-order chi connectivity index (χ1) is 13.8. The Morgan fingerprint density at radius 1 is 0.857 bits per heavy atom. The van der Waals surface area contributed by atoms with E-state index in [0.717, 1.165) is 28.0 Å². The van der Waals surface area contributed by atoms with Crippen LogP contribution in [-0.4, -0.2) is 15.9 Å². The lowest BCUT2D eigenvalue weighted by Gasteiger charge is -2.09. The number of benzene rings is 3. The Morgan fingerprint density at radius 2 is 1.61 bits per heavy atom. The number of anilines is 2. The van der Waals surface area contributed by atoms with Crippen molar-refractivity contribution >= 4 is 34.5 Å². The molecule has 136 valence electrons. The van der Waals surface area contributed by atoms with Gasteiger partial charge in [-0.15, -0.1) is 0 Å². The Morgan fingerprint density at radius 3 is 2.43 bits per heavy atom. The molecule has 0 fully saturated rings. The van der Waals surface area contributed by atoms with Crippen LogP contribution >= 0.6 is 0 Å². The van der Waals surface area contributed by atoms with Gasteiger partial charge in [0.1, 0.15) is 17.9 Å². The normalized spacial score (nSPS) is 10.9. The number of nitrogens with one attached hydrogen (secondary N) is 1. The summed E-state index contributed by atoms with van der Waals surface area (Å²) in [5.74, 6) is 0.772. The number of carbonyl (C=O) groups is 1. The summed E-state index contributed by atoms with van der Waals surface area (Å²) in [6.07, 6.45) is 4.66. The molecule has 0 spiro atoms. The van der Waals surface area contributed by atoms with Crippen LogP contribution in [0.15, 0.2) is 91.3 Å². The van der Waals surface area contributed by atoms with Crippen molar-refractivity contribution in [3.8, 4) is 5.75 Å². The maximum absolute atomic E-state index is 12.0.